The number of amides is 2. The van der Waals surface area contributed by atoms with Gasteiger partial charge in [0.1, 0.15) is 11.6 Å². The van der Waals surface area contributed by atoms with Gasteiger partial charge in [0.05, 0.1) is 24.2 Å². The Morgan fingerprint density at radius 1 is 1.13 bits per heavy atom. The Bertz CT molecular complexity index is 928. The van der Waals surface area contributed by atoms with Gasteiger partial charge in [-0.15, -0.1) is 0 Å². The van der Waals surface area contributed by atoms with Crippen molar-refractivity contribution < 1.29 is 9.53 Å². The first-order valence-corrected chi connectivity index (χ1v) is 10.8. The lowest BCUT2D eigenvalue weighted by molar-refractivity contribution is 0.232. The average molecular weight is 407 g/mol. The number of hydrogen-bond donors (Lipinski definition) is 3. The van der Waals surface area contributed by atoms with E-state index in [-0.39, 0.29) is 12.1 Å². The van der Waals surface area contributed by atoms with Crippen LogP contribution in [0.3, 0.4) is 0 Å². The molecule has 1 heterocycles. The first kappa shape index (κ1) is 20.3. The number of nitrogens with zero attached hydrogens (tertiary/aromatic N) is 1. The number of carbonyl (C=O) groups excluding carboxylic acids is 1. The lowest BCUT2D eigenvalue weighted by Gasteiger charge is -2.23. The first-order valence-electron chi connectivity index (χ1n) is 10.8. The number of aromatic nitrogens is 2. The Kier molecular flexibility index (Phi) is 6.52. The highest BCUT2D eigenvalue weighted by Crippen LogP contribution is 2.23. The van der Waals surface area contributed by atoms with Crippen LogP contribution in [-0.4, -0.2) is 29.7 Å². The number of methoxy groups -OCH3 is 1. The van der Waals surface area contributed by atoms with Gasteiger partial charge in [-0.05, 0) is 55.0 Å². The van der Waals surface area contributed by atoms with E-state index in [1.54, 1.807) is 7.11 Å². The van der Waals surface area contributed by atoms with Gasteiger partial charge in [-0.25, -0.2) is 9.78 Å². The van der Waals surface area contributed by atoms with Crippen molar-refractivity contribution in [2.45, 2.75) is 44.6 Å². The van der Waals surface area contributed by atoms with Crippen molar-refractivity contribution in [2.75, 3.05) is 13.7 Å². The molecular formula is C24H30N4O2. The predicted octanol–water partition coefficient (Wildman–Crippen LogP) is 4.73. The molecule has 2 aromatic carbocycles. The van der Waals surface area contributed by atoms with Crippen molar-refractivity contribution in [1.82, 2.24) is 20.6 Å². The number of hydrogen-bond acceptors (Lipinski definition) is 3. The van der Waals surface area contributed by atoms with Crippen molar-refractivity contribution in [3.63, 3.8) is 0 Å². The molecule has 1 fully saturated rings. The van der Waals surface area contributed by atoms with E-state index in [1.165, 1.54) is 32.1 Å². The molecule has 0 spiro atoms. The summed E-state index contributed by atoms with van der Waals surface area (Å²) in [5.74, 6) is 2.17. The van der Waals surface area contributed by atoms with E-state index in [1.807, 2.05) is 48.5 Å². The van der Waals surface area contributed by atoms with Gasteiger partial charge in [0, 0.05) is 6.54 Å². The maximum atomic E-state index is 12.7. The molecule has 1 aliphatic rings. The molecule has 1 aromatic heterocycles. The molecule has 3 N–H and O–H groups in total. The highest BCUT2D eigenvalue weighted by atomic mass is 16.5. The van der Waals surface area contributed by atoms with Crippen LogP contribution in [0.15, 0.2) is 48.5 Å². The number of rotatable bonds is 7. The third-order valence-electron chi connectivity index (χ3n) is 5.92. The molecule has 2 amide bonds. The zero-order valence-electron chi connectivity index (χ0n) is 17.5. The maximum absolute atomic E-state index is 12.7. The molecule has 1 atom stereocenters. The van der Waals surface area contributed by atoms with Gasteiger partial charge in [0.15, 0.2) is 0 Å². The van der Waals surface area contributed by atoms with E-state index in [9.17, 15) is 4.79 Å². The molecule has 158 valence electrons. The van der Waals surface area contributed by atoms with E-state index >= 15 is 0 Å². The van der Waals surface area contributed by atoms with Crippen molar-refractivity contribution in [3.8, 4) is 5.75 Å². The van der Waals surface area contributed by atoms with Gasteiger partial charge < -0.3 is 20.4 Å². The van der Waals surface area contributed by atoms with Crippen LogP contribution in [0.1, 0.15) is 49.5 Å². The van der Waals surface area contributed by atoms with Crippen molar-refractivity contribution >= 4 is 17.1 Å². The fraction of sp³-hybridized carbons (Fsp3) is 0.417. The molecule has 0 radical (unpaired) electrons. The zero-order valence-corrected chi connectivity index (χ0v) is 17.5. The average Bonchev–Trinajstić information content (AvgIpc) is 3.23. The van der Waals surface area contributed by atoms with E-state index in [0.717, 1.165) is 34.7 Å². The van der Waals surface area contributed by atoms with Crippen LogP contribution in [0.25, 0.3) is 11.0 Å². The summed E-state index contributed by atoms with van der Waals surface area (Å²) in [5.41, 5.74) is 2.97. The minimum Gasteiger partial charge on any atom is -0.497 e. The Labute approximate surface area is 177 Å². The molecule has 0 saturated heterocycles. The summed E-state index contributed by atoms with van der Waals surface area (Å²) in [5, 5.41) is 6.21. The lowest BCUT2D eigenvalue weighted by Crippen LogP contribution is -2.41. The van der Waals surface area contributed by atoms with E-state index in [0.29, 0.717) is 12.3 Å². The number of nitrogens with one attached hydrogen (secondary N) is 3. The number of H-pyrrole nitrogens is 1. The molecule has 0 bridgehead atoms. The monoisotopic (exact) mass is 406 g/mol. The number of carbonyl (C=O) groups is 1. The number of imidazole rings is 1. The number of fused-ring (bicyclic) bond motifs is 1. The van der Waals surface area contributed by atoms with Crippen molar-refractivity contribution in [1.29, 1.82) is 0 Å². The zero-order chi connectivity index (χ0) is 20.8. The summed E-state index contributed by atoms with van der Waals surface area (Å²) >= 11 is 0. The molecule has 0 aliphatic heterocycles. The van der Waals surface area contributed by atoms with Gasteiger partial charge in [-0.1, -0.05) is 43.5 Å². The van der Waals surface area contributed by atoms with Gasteiger partial charge in [-0.2, -0.15) is 0 Å². The van der Waals surface area contributed by atoms with Crippen LogP contribution in [0.4, 0.5) is 4.79 Å². The molecule has 6 nitrogen and oxygen atoms in total. The summed E-state index contributed by atoms with van der Waals surface area (Å²) < 4.78 is 5.25. The number of ether oxygens (including phenoxy) is 1. The van der Waals surface area contributed by atoms with Crippen LogP contribution in [0, 0.1) is 5.92 Å². The molecule has 30 heavy (non-hydrogen) atoms. The Morgan fingerprint density at radius 3 is 2.63 bits per heavy atom. The van der Waals surface area contributed by atoms with Gasteiger partial charge in [0.2, 0.25) is 0 Å². The Hall–Kier alpha value is -3.02. The number of benzene rings is 2. The Balaban J connectivity index is 1.47. The van der Waals surface area contributed by atoms with Gasteiger partial charge in [0.25, 0.3) is 0 Å². The second-order valence-corrected chi connectivity index (χ2v) is 8.10. The quantitative estimate of drug-likeness (QED) is 0.530. The van der Waals surface area contributed by atoms with Gasteiger partial charge >= 0.3 is 6.03 Å². The minimum absolute atomic E-state index is 0.139. The molecule has 1 aliphatic carbocycles. The van der Waals surface area contributed by atoms with Crippen LogP contribution in [-0.2, 0) is 6.42 Å². The summed E-state index contributed by atoms with van der Waals surface area (Å²) in [4.78, 5) is 20.8. The molecule has 3 aromatic rings. The van der Waals surface area contributed by atoms with Crippen molar-refractivity contribution in [2.24, 2.45) is 5.92 Å². The van der Waals surface area contributed by atoms with Crippen LogP contribution in [0.2, 0.25) is 0 Å². The van der Waals surface area contributed by atoms with E-state index in [2.05, 4.69) is 15.6 Å². The SMILES string of the molecule is COc1ccc(CC(NC(=O)NCC2CCCCC2)c2nc3ccccc3[nH]2)cc1. The minimum atomic E-state index is -0.253. The van der Waals surface area contributed by atoms with E-state index in [4.69, 9.17) is 9.72 Å². The van der Waals surface area contributed by atoms with E-state index < -0.39 is 0 Å². The number of urea groups is 1. The van der Waals surface area contributed by atoms with Crippen LogP contribution < -0.4 is 15.4 Å². The maximum Gasteiger partial charge on any atom is 0.315 e. The van der Waals surface area contributed by atoms with Crippen LogP contribution >= 0.6 is 0 Å². The third kappa shape index (κ3) is 5.12. The normalized spacial score (nSPS) is 15.6. The van der Waals surface area contributed by atoms with Crippen LogP contribution in [0.5, 0.6) is 5.75 Å². The fourth-order valence-corrected chi connectivity index (χ4v) is 4.19. The summed E-state index contributed by atoms with van der Waals surface area (Å²) in [6, 6.07) is 15.5. The molecule has 6 heteroatoms. The summed E-state index contributed by atoms with van der Waals surface area (Å²) in [6.45, 7) is 0.737. The first-order chi connectivity index (χ1) is 14.7. The topological polar surface area (TPSA) is 79.0 Å². The number of para-hydroxylation sites is 2. The predicted molar refractivity (Wildman–Crippen MR) is 119 cm³/mol. The highest BCUT2D eigenvalue weighted by Gasteiger charge is 2.20. The smallest absolute Gasteiger partial charge is 0.315 e. The number of aromatic amines is 1. The summed E-state index contributed by atoms with van der Waals surface area (Å²) in [7, 11) is 1.66. The molecule has 1 saturated carbocycles. The lowest BCUT2D eigenvalue weighted by atomic mass is 9.89. The summed E-state index contributed by atoms with van der Waals surface area (Å²) in [6.07, 6.45) is 6.91. The highest BCUT2D eigenvalue weighted by molar-refractivity contribution is 5.76. The van der Waals surface area contributed by atoms with Gasteiger partial charge in [-0.3, -0.25) is 0 Å². The standard InChI is InChI=1S/C24H30N4O2/c1-30-19-13-11-17(12-14-19)15-22(23-26-20-9-5-6-10-21(20)27-23)28-24(29)25-16-18-7-3-2-4-8-18/h5-6,9-14,18,22H,2-4,7-8,15-16H2,1H3,(H,26,27)(H2,25,28,29). The largest absolute Gasteiger partial charge is 0.497 e. The molecule has 4 rings (SSSR count). The van der Waals surface area contributed by atoms with Crippen molar-refractivity contribution in [3.05, 3.63) is 59.9 Å². The molecule has 1 unspecified atom stereocenters. The molecular weight excluding hydrogens is 376 g/mol. The third-order valence-corrected chi connectivity index (χ3v) is 5.92. The second-order valence-electron chi connectivity index (χ2n) is 8.10. The second kappa shape index (κ2) is 9.65. The fourth-order valence-electron chi connectivity index (χ4n) is 4.19. The Morgan fingerprint density at radius 2 is 1.90 bits per heavy atom.